The molecule has 120 valence electrons. The van der Waals surface area contributed by atoms with Crippen molar-refractivity contribution < 1.29 is 0 Å². The zero-order valence-corrected chi connectivity index (χ0v) is 18.5. The summed E-state index contributed by atoms with van der Waals surface area (Å²) in [5.74, 6) is 0. The quantitative estimate of drug-likeness (QED) is 0.314. The molecule has 0 N–H and O–H groups in total. The molecule has 24 heavy (non-hydrogen) atoms. The van der Waals surface area contributed by atoms with Crippen molar-refractivity contribution in [2.45, 2.75) is 13.8 Å². The third kappa shape index (κ3) is 3.70. The molecule has 0 saturated carbocycles. The number of aryl methyl sites for hydroxylation is 2. The monoisotopic (exact) mass is 480 g/mol. The maximum absolute atomic E-state index is 2.33. The molecule has 0 fully saturated rings. The van der Waals surface area contributed by atoms with Gasteiger partial charge >= 0.3 is 163 Å². The Bertz CT molecular complexity index is 914. The van der Waals surface area contributed by atoms with E-state index in [1.54, 1.807) is 0 Å². The van der Waals surface area contributed by atoms with E-state index in [-0.39, 0.29) is 0 Å². The molecular weight excluding hydrogens is 462 g/mol. The van der Waals surface area contributed by atoms with Gasteiger partial charge in [-0.15, -0.1) is 0 Å². The van der Waals surface area contributed by atoms with Crippen LogP contribution >= 0.6 is 22.7 Å². The van der Waals surface area contributed by atoms with Crippen LogP contribution < -0.4 is 0 Å². The van der Waals surface area contributed by atoms with Crippen LogP contribution in [0.15, 0.2) is 48.5 Å². The number of hydrogen-bond acceptors (Lipinski definition) is 2. The van der Waals surface area contributed by atoms with Gasteiger partial charge in [-0.05, 0) is 0 Å². The van der Waals surface area contributed by atoms with E-state index in [1.807, 2.05) is 22.7 Å². The number of hydrogen-bond donors (Lipinski definition) is 0. The summed E-state index contributed by atoms with van der Waals surface area (Å²) in [4.78, 5) is 5.67. The fourth-order valence-electron chi connectivity index (χ4n) is 2.45. The van der Waals surface area contributed by atoms with E-state index in [0.29, 0.717) is 29.0 Å². The van der Waals surface area contributed by atoms with Crippen LogP contribution in [0.5, 0.6) is 0 Å². The summed E-state index contributed by atoms with van der Waals surface area (Å²) in [5, 5.41) is 0. The van der Waals surface area contributed by atoms with E-state index in [2.05, 4.69) is 74.5 Å². The van der Waals surface area contributed by atoms with Crippen molar-refractivity contribution in [1.82, 2.24) is 0 Å². The van der Waals surface area contributed by atoms with Crippen LogP contribution in [0.4, 0.5) is 0 Å². The summed E-state index contributed by atoms with van der Waals surface area (Å²) in [6, 6.07) is 18.1. The third-order valence-electron chi connectivity index (χ3n) is 3.63. The van der Waals surface area contributed by atoms with Crippen LogP contribution in [-0.2, 0) is 0 Å². The summed E-state index contributed by atoms with van der Waals surface area (Å²) in [7, 11) is 0. The van der Waals surface area contributed by atoms with Gasteiger partial charge in [-0.1, -0.05) is 0 Å². The Balaban J connectivity index is 1.51. The van der Waals surface area contributed by atoms with E-state index >= 15 is 0 Å². The molecule has 4 heteroatoms. The van der Waals surface area contributed by atoms with Gasteiger partial charge in [0, 0.05) is 0 Å². The van der Waals surface area contributed by atoms with Crippen molar-refractivity contribution in [3.05, 3.63) is 67.2 Å². The fourth-order valence-corrected chi connectivity index (χ4v) is 8.47. The molecule has 0 aliphatic rings. The Morgan fingerprint density at radius 3 is 1.46 bits per heavy atom. The normalized spacial score (nSPS) is 11.6. The van der Waals surface area contributed by atoms with Crippen molar-refractivity contribution in [3.8, 4) is 18.6 Å². The number of rotatable bonds is 4. The molecule has 0 unspecified atom stereocenters. The third-order valence-corrected chi connectivity index (χ3v) is 10.8. The van der Waals surface area contributed by atoms with Crippen LogP contribution in [-0.4, -0.2) is 29.0 Å². The van der Waals surface area contributed by atoms with Crippen LogP contribution in [0.2, 0.25) is 0 Å². The van der Waals surface area contributed by atoms with Crippen molar-refractivity contribution in [3.63, 3.8) is 0 Å². The minimum absolute atomic E-state index is 0.446. The first-order valence-corrected chi connectivity index (χ1v) is 12.7. The van der Waals surface area contributed by atoms with Crippen LogP contribution in [0.25, 0.3) is 30.8 Å². The maximum atomic E-state index is 2.33. The van der Waals surface area contributed by atoms with Crippen LogP contribution in [0.1, 0.15) is 18.6 Å². The van der Waals surface area contributed by atoms with Gasteiger partial charge in [-0.2, -0.15) is 0 Å². The standard InChI is InChI=1S/C20H16S2Se2/c1-13-3-9-17(21-13)19-11-7-15(23-19)5-6-16-8-12-20(24-16)18-10-4-14(2)22-18/h3-12H,1-2H3/b6-5+. The van der Waals surface area contributed by atoms with Crippen molar-refractivity contribution >= 4 is 63.8 Å². The van der Waals surface area contributed by atoms with E-state index in [9.17, 15) is 0 Å². The predicted octanol–water partition coefficient (Wildman–Crippen LogP) is 6.04. The summed E-state index contributed by atoms with van der Waals surface area (Å²) in [6.07, 6.45) is 4.65. The van der Waals surface area contributed by atoms with Gasteiger partial charge in [0.15, 0.2) is 0 Å². The fraction of sp³-hybridized carbons (Fsp3) is 0.100. The zero-order valence-electron chi connectivity index (χ0n) is 13.4. The summed E-state index contributed by atoms with van der Waals surface area (Å²) < 4.78 is 5.97. The first-order chi connectivity index (χ1) is 11.7. The SMILES string of the molecule is Cc1ccc(-c2ccc(/C=C/c3ccc(-c4ccc(C)s4)[se]3)[se]2)s1. The molecule has 4 heterocycles. The molecule has 0 atom stereocenters. The van der Waals surface area contributed by atoms with Gasteiger partial charge in [0.1, 0.15) is 0 Å². The first-order valence-electron chi connectivity index (χ1n) is 7.69. The van der Waals surface area contributed by atoms with Crippen molar-refractivity contribution in [1.29, 1.82) is 0 Å². The Kier molecular flexibility index (Phi) is 4.96. The summed E-state index contributed by atoms with van der Waals surface area (Å²) in [6.45, 7) is 4.36. The molecule has 0 radical (unpaired) electrons. The van der Waals surface area contributed by atoms with E-state index in [4.69, 9.17) is 0 Å². The first kappa shape index (κ1) is 16.6. The van der Waals surface area contributed by atoms with Gasteiger partial charge in [0.05, 0.1) is 0 Å². The molecule has 4 aromatic heterocycles. The summed E-state index contributed by atoms with van der Waals surface area (Å²) in [5.41, 5.74) is 0. The van der Waals surface area contributed by atoms with Gasteiger partial charge in [0.2, 0.25) is 0 Å². The Morgan fingerprint density at radius 2 is 1.08 bits per heavy atom. The Morgan fingerprint density at radius 1 is 0.625 bits per heavy atom. The van der Waals surface area contributed by atoms with Crippen LogP contribution in [0.3, 0.4) is 0 Å². The molecule has 0 amide bonds. The molecule has 0 aliphatic carbocycles. The molecule has 0 saturated heterocycles. The van der Waals surface area contributed by atoms with Gasteiger partial charge in [-0.3, -0.25) is 0 Å². The predicted molar refractivity (Wildman–Crippen MR) is 112 cm³/mol. The van der Waals surface area contributed by atoms with Crippen LogP contribution in [0, 0.1) is 13.8 Å². The van der Waals surface area contributed by atoms with Gasteiger partial charge in [-0.25, -0.2) is 0 Å². The van der Waals surface area contributed by atoms with Crippen molar-refractivity contribution in [2.24, 2.45) is 0 Å². The van der Waals surface area contributed by atoms with Crippen molar-refractivity contribution in [2.75, 3.05) is 0 Å². The topological polar surface area (TPSA) is 0 Å². The zero-order chi connectivity index (χ0) is 16.5. The van der Waals surface area contributed by atoms with E-state index in [1.165, 1.54) is 37.3 Å². The second-order valence-corrected chi connectivity index (χ2v) is 12.8. The molecule has 0 spiro atoms. The molecule has 4 aromatic rings. The molecule has 0 aromatic carbocycles. The average molecular weight is 478 g/mol. The Labute approximate surface area is 162 Å². The van der Waals surface area contributed by atoms with E-state index < -0.39 is 0 Å². The summed E-state index contributed by atoms with van der Waals surface area (Å²) >= 11 is 4.70. The molecule has 0 nitrogen and oxygen atoms in total. The second-order valence-electron chi connectivity index (χ2n) is 5.56. The molecular formula is C20H16S2Se2. The van der Waals surface area contributed by atoms with E-state index in [0.717, 1.165) is 0 Å². The molecule has 4 rings (SSSR count). The Hall–Kier alpha value is -0.861. The molecule has 0 bridgehead atoms. The van der Waals surface area contributed by atoms with Gasteiger partial charge < -0.3 is 0 Å². The minimum atomic E-state index is 0.446. The second kappa shape index (κ2) is 7.17. The van der Waals surface area contributed by atoms with Gasteiger partial charge in [0.25, 0.3) is 0 Å². The molecule has 0 aliphatic heterocycles. The number of thiophene rings is 2. The average Bonchev–Trinajstić information content (AvgIpc) is 3.32.